The van der Waals surface area contributed by atoms with E-state index in [1.807, 2.05) is 51.1 Å². The molecule has 1 atom stereocenters. The molecule has 0 saturated heterocycles. The van der Waals surface area contributed by atoms with Crippen molar-refractivity contribution < 1.29 is 9.53 Å². The smallest absolute Gasteiger partial charge is 0.270 e. The zero-order valence-electron chi connectivity index (χ0n) is 13.8. The van der Waals surface area contributed by atoms with Gasteiger partial charge in [-0.15, -0.1) is 0 Å². The maximum absolute atomic E-state index is 12.2. The molecule has 1 aromatic heterocycles. The Kier molecular flexibility index (Phi) is 5.97. The Morgan fingerprint density at radius 1 is 1.26 bits per heavy atom. The first-order valence-electron chi connectivity index (χ1n) is 7.89. The Balaban J connectivity index is 2.16. The third-order valence-corrected chi connectivity index (χ3v) is 3.45. The van der Waals surface area contributed by atoms with E-state index in [-0.39, 0.29) is 11.9 Å². The van der Waals surface area contributed by atoms with Crippen molar-refractivity contribution in [3.63, 3.8) is 0 Å². The number of pyridine rings is 1. The van der Waals surface area contributed by atoms with Crippen LogP contribution in [0.1, 0.15) is 37.7 Å². The van der Waals surface area contributed by atoms with Crippen molar-refractivity contribution in [3.8, 4) is 5.75 Å². The summed E-state index contributed by atoms with van der Waals surface area (Å²) < 4.78 is 5.60. The highest BCUT2D eigenvalue weighted by Crippen LogP contribution is 2.27. The molecule has 122 valence electrons. The largest absolute Gasteiger partial charge is 0.492 e. The van der Waals surface area contributed by atoms with Crippen molar-refractivity contribution in [1.29, 1.82) is 0 Å². The minimum atomic E-state index is -0.166. The van der Waals surface area contributed by atoms with Gasteiger partial charge in [0, 0.05) is 17.9 Å². The van der Waals surface area contributed by atoms with Crippen LogP contribution in [-0.4, -0.2) is 23.5 Å². The second kappa shape index (κ2) is 8.17. The van der Waals surface area contributed by atoms with Gasteiger partial charge in [-0.1, -0.05) is 19.1 Å². The van der Waals surface area contributed by atoms with Crippen LogP contribution in [-0.2, 0) is 0 Å². The maximum atomic E-state index is 12.2. The molecule has 0 aliphatic rings. The molecule has 5 heteroatoms. The Labute approximate surface area is 137 Å². The van der Waals surface area contributed by atoms with Gasteiger partial charge in [0.05, 0.1) is 12.3 Å². The molecule has 0 fully saturated rings. The van der Waals surface area contributed by atoms with Gasteiger partial charge in [-0.05, 0) is 44.5 Å². The van der Waals surface area contributed by atoms with Crippen LogP contribution in [0.2, 0.25) is 0 Å². The summed E-state index contributed by atoms with van der Waals surface area (Å²) in [5.74, 6) is 0.610. The predicted molar refractivity (Wildman–Crippen MR) is 92.3 cm³/mol. The number of hydrogen-bond acceptors (Lipinski definition) is 4. The van der Waals surface area contributed by atoms with Crippen LogP contribution in [0.3, 0.4) is 0 Å². The monoisotopic (exact) mass is 313 g/mol. The molecule has 0 bridgehead atoms. The highest BCUT2D eigenvalue weighted by Gasteiger charge is 2.11. The molecule has 23 heavy (non-hydrogen) atoms. The molecule has 1 unspecified atom stereocenters. The van der Waals surface area contributed by atoms with Crippen LogP contribution in [0.25, 0.3) is 0 Å². The lowest BCUT2D eigenvalue weighted by molar-refractivity contribution is 0.0934. The summed E-state index contributed by atoms with van der Waals surface area (Å²) in [4.78, 5) is 16.3. The fraction of sp³-hybridized carbons (Fsp3) is 0.333. The van der Waals surface area contributed by atoms with Gasteiger partial charge in [0.2, 0.25) is 0 Å². The van der Waals surface area contributed by atoms with E-state index in [1.54, 1.807) is 12.3 Å². The number of rotatable bonds is 7. The van der Waals surface area contributed by atoms with Crippen molar-refractivity contribution in [2.45, 2.75) is 33.2 Å². The number of nitrogens with zero attached hydrogens (tertiary/aromatic N) is 1. The number of amides is 1. The van der Waals surface area contributed by atoms with Crippen LogP contribution < -0.4 is 15.4 Å². The summed E-state index contributed by atoms with van der Waals surface area (Å²) in [7, 11) is 0. The average molecular weight is 313 g/mol. The molecular weight excluding hydrogens is 290 g/mol. The van der Waals surface area contributed by atoms with Crippen LogP contribution >= 0.6 is 0 Å². The van der Waals surface area contributed by atoms with Gasteiger partial charge in [-0.25, -0.2) is 0 Å². The van der Waals surface area contributed by atoms with Crippen LogP contribution in [0.5, 0.6) is 5.75 Å². The molecule has 0 saturated carbocycles. The Bertz CT molecular complexity index is 658. The average Bonchev–Trinajstić information content (AvgIpc) is 2.57. The molecule has 0 aliphatic heterocycles. The lowest BCUT2D eigenvalue weighted by atomic mass is 10.2. The third-order valence-electron chi connectivity index (χ3n) is 3.45. The molecule has 0 spiro atoms. The van der Waals surface area contributed by atoms with Crippen molar-refractivity contribution in [2.75, 3.05) is 11.9 Å². The van der Waals surface area contributed by atoms with Gasteiger partial charge in [-0.3, -0.25) is 9.78 Å². The third kappa shape index (κ3) is 4.71. The second-order valence-electron chi connectivity index (χ2n) is 5.27. The maximum Gasteiger partial charge on any atom is 0.270 e. The highest BCUT2D eigenvalue weighted by molar-refractivity contribution is 5.93. The second-order valence-corrected chi connectivity index (χ2v) is 5.27. The molecule has 2 N–H and O–H groups in total. The predicted octanol–water partition coefficient (Wildman–Crippen LogP) is 3.75. The molecule has 2 aromatic rings. The van der Waals surface area contributed by atoms with Crippen molar-refractivity contribution in [3.05, 3.63) is 48.3 Å². The SMILES string of the molecule is CCOc1ccccc1Nc1ccnc(C(=O)NC(C)CC)c1. The quantitative estimate of drug-likeness (QED) is 0.817. The molecule has 2 rings (SSSR count). The fourth-order valence-electron chi connectivity index (χ4n) is 2.04. The molecule has 1 aromatic carbocycles. The van der Waals surface area contributed by atoms with E-state index in [1.165, 1.54) is 0 Å². The van der Waals surface area contributed by atoms with Crippen molar-refractivity contribution >= 4 is 17.3 Å². The van der Waals surface area contributed by atoms with Gasteiger partial charge in [-0.2, -0.15) is 0 Å². The summed E-state index contributed by atoms with van der Waals surface area (Å²) in [6.07, 6.45) is 2.50. The first-order valence-corrected chi connectivity index (χ1v) is 7.89. The van der Waals surface area contributed by atoms with Crippen LogP contribution in [0.4, 0.5) is 11.4 Å². The topological polar surface area (TPSA) is 63.2 Å². The highest BCUT2D eigenvalue weighted by atomic mass is 16.5. The molecule has 5 nitrogen and oxygen atoms in total. The Morgan fingerprint density at radius 3 is 2.78 bits per heavy atom. The Hall–Kier alpha value is -2.56. The molecule has 1 heterocycles. The summed E-state index contributed by atoms with van der Waals surface area (Å²) in [5.41, 5.74) is 2.04. The van der Waals surface area contributed by atoms with Crippen LogP contribution in [0, 0.1) is 0 Å². The molecular formula is C18H23N3O2. The van der Waals surface area contributed by atoms with E-state index in [0.717, 1.165) is 23.5 Å². The van der Waals surface area contributed by atoms with E-state index in [0.29, 0.717) is 12.3 Å². The lowest BCUT2D eigenvalue weighted by Gasteiger charge is -2.14. The Morgan fingerprint density at radius 2 is 2.04 bits per heavy atom. The summed E-state index contributed by atoms with van der Waals surface area (Å²) in [6, 6.07) is 11.4. The number of aromatic nitrogens is 1. The number of anilines is 2. The van der Waals surface area contributed by atoms with E-state index in [4.69, 9.17) is 4.74 Å². The fourth-order valence-corrected chi connectivity index (χ4v) is 2.04. The van der Waals surface area contributed by atoms with E-state index in [2.05, 4.69) is 15.6 Å². The summed E-state index contributed by atoms with van der Waals surface area (Å²) >= 11 is 0. The van der Waals surface area contributed by atoms with Gasteiger partial charge in [0.1, 0.15) is 11.4 Å². The zero-order valence-corrected chi connectivity index (χ0v) is 13.8. The summed E-state index contributed by atoms with van der Waals surface area (Å²) in [6.45, 7) is 6.54. The van der Waals surface area contributed by atoms with Crippen LogP contribution in [0.15, 0.2) is 42.6 Å². The number of carbonyl (C=O) groups is 1. The van der Waals surface area contributed by atoms with Gasteiger partial charge in [0.15, 0.2) is 0 Å². The molecule has 1 amide bonds. The van der Waals surface area contributed by atoms with Gasteiger partial charge < -0.3 is 15.4 Å². The number of benzene rings is 1. The van der Waals surface area contributed by atoms with Gasteiger partial charge >= 0.3 is 0 Å². The minimum absolute atomic E-state index is 0.125. The van der Waals surface area contributed by atoms with Crippen molar-refractivity contribution in [1.82, 2.24) is 10.3 Å². The number of para-hydroxylation sites is 2. The number of hydrogen-bond donors (Lipinski definition) is 2. The number of nitrogens with one attached hydrogen (secondary N) is 2. The summed E-state index contributed by atoms with van der Waals surface area (Å²) in [5, 5.41) is 6.19. The lowest BCUT2D eigenvalue weighted by Crippen LogP contribution is -2.32. The zero-order chi connectivity index (χ0) is 16.7. The molecule has 0 radical (unpaired) electrons. The molecule has 0 aliphatic carbocycles. The first-order chi connectivity index (χ1) is 11.1. The standard InChI is InChI=1S/C18H23N3O2/c1-4-13(3)20-18(22)16-12-14(10-11-19-16)21-15-8-6-7-9-17(15)23-5-2/h6-13H,4-5H2,1-3H3,(H,19,21)(H,20,22). The van der Waals surface area contributed by atoms with E-state index < -0.39 is 0 Å². The normalized spacial score (nSPS) is 11.6. The van der Waals surface area contributed by atoms with E-state index in [9.17, 15) is 4.79 Å². The van der Waals surface area contributed by atoms with E-state index >= 15 is 0 Å². The van der Waals surface area contributed by atoms with Gasteiger partial charge in [0.25, 0.3) is 5.91 Å². The number of ether oxygens (including phenoxy) is 1. The minimum Gasteiger partial charge on any atom is -0.492 e. The first kappa shape index (κ1) is 16.8. The van der Waals surface area contributed by atoms with Crippen molar-refractivity contribution in [2.24, 2.45) is 0 Å². The number of carbonyl (C=O) groups excluding carboxylic acids is 1.